The maximum Gasteiger partial charge on any atom is 0.192 e. The molecule has 1 aliphatic rings. The molecule has 1 aromatic carbocycles. The van der Waals surface area contributed by atoms with Crippen LogP contribution in [0.5, 0.6) is 11.5 Å². The molecule has 0 radical (unpaired) electrons. The van der Waals surface area contributed by atoms with Crippen molar-refractivity contribution in [1.82, 2.24) is 5.32 Å². The van der Waals surface area contributed by atoms with E-state index in [0.717, 1.165) is 0 Å². The fourth-order valence-electron chi connectivity index (χ4n) is 1.64. The van der Waals surface area contributed by atoms with Gasteiger partial charge in [-0.25, -0.2) is 0 Å². The molecule has 0 fully saturated rings. The summed E-state index contributed by atoms with van der Waals surface area (Å²) in [7, 11) is 0. The minimum atomic E-state index is -0.519. The molecular weight excluding hydrogens is 230 g/mol. The predicted octanol–water partition coefficient (Wildman–Crippen LogP) is 1.78. The van der Waals surface area contributed by atoms with Crippen LogP contribution in [-0.2, 0) is 4.79 Å². The van der Waals surface area contributed by atoms with Crippen molar-refractivity contribution in [3.05, 3.63) is 24.3 Å². The van der Waals surface area contributed by atoms with Gasteiger partial charge in [0.15, 0.2) is 23.4 Å². The van der Waals surface area contributed by atoms with Crippen LogP contribution in [0.2, 0.25) is 0 Å². The molecular formula is C14H19NO3. The third-order valence-electron chi connectivity index (χ3n) is 2.66. The molecule has 1 unspecified atom stereocenters. The van der Waals surface area contributed by atoms with Crippen molar-refractivity contribution in [3.63, 3.8) is 0 Å². The average Bonchev–Trinajstić information content (AvgIpc) is 2.34. The van der Waals surface area contributed by atoms with Crippen molar-refractivity contribution in [2.75, 3.05) is 13.2 Å². The summed E-state index contributed by atoms with van der Waals surface area (Å²) in [6.07, 6.45) is -0.519. The van der Waals surface area contributed by atoms with Crippen LogP contribution >= 0.6 is 0 Å². The van der Waals surface area contributed by atoms with Gasteiger partial charge in [-0.05, 0) is 32.9 Å². The first kappa shape index (κ1) is 12.9. The molecule has 0 aliphatic carbocycles. The van der Waals surface area contributed by atoms with Crippen LogP contribution in [-0.4, -0.2) is 30.6 Å². The molecule has 0 saturated heterocycles. The van der Waals surface area contributed by atoms with Gasteiger partial charge >= 0.3 is 0 Å². The van der Waals surface area contributed by atoms with Crippen LogP contribution in [0.25, 0.3) is 0 Å². The van der Waals surface area contributed by atoms with E-state index in [1.807, 2.05) is 45.0 Å². The molecule has 0 aromatic heterocycles. The van der Waals surface area contributed by atoms with Gasteiger partial charge in [0.25, 0.3) is 0 Å². The van der Waals surface area contributed by atoms with Gasteiger partial charge in [-0.2, -0.15) is 0 Å². The van der Waals surface area contributed by atoms with Crippen molar-refractivity contribution in [2.24, 2.45) is 0 Å². The van der Waals surface area contributed by atoms with Gasteiger partial charge in [-0.1, -0.05) is 12.1 Å². The molecule has 0 amide bonds. The van der Waals surface area contributed by atoms with Crippen molar-refractivity contribution in [3.8, 4) is 11.5 Å². The fourth-order valence-corrected chi connectivity index (χ4v) is 1.64. The molecule has 1 atom stereocenters. The van der Waals surface area contributed by atoms with E-state index in [0.29, 0.717) is 18.0 Å². The van der Waals surface area contributed by atoms with Crippen LogP contribution in [0, 0.1) is 0 Å². The number of carbonyl (C=O) groups is 1. The summed E-state index contributed by atoms with van der Waals surface area (Å²) in [5, 5.41) is 3.16. The van der Waals surface area contributed by atoms with Gasteiger partial charge in [0, 0.05) is 5.54 Å². The SMILES string of the molecule is CC(C)(C)NCC(=O)C1COc2ccccc2O1. The standard InChI is InChI=1S/C14H19NO3/c1-14(2,3)15-8-10(16)13-9-17-11-6-4-5-7-12(11)18-13/h4-7,13,15H,8-9H2,1-3H3. The summed E-state index contributed by atoms with van der Waals surface area (Å²) in [5.74, 6) is 1.35. The Kier molecular flexibility index (Phi) is 3.57. The zero-order chi connectivity index (χ0) is 13.2. The Hall–Kier alpha value is -1.55. The fraction of sp³-hybridized carbons (Fsp3) is 0.500. The normalized spacial score (nSPS) is 18.5. The number of fused-ring (bicyclic) bond motifs is 1. The lowest BCUT2D eigenvalue weighted by Crippen LogP contribution is -2.46. The number of ketones is 1. The Bertz CT molecular complexity index is 437. The number of Topliss-reactive ketones (excluding diaryl/α,β-unsaturated/α-hetero) is 1. The van der Waals surface area contributed by atoms with Crippen molar-refractivity contribution < 1.29 is 14.3 Å². The molecule has 4 heteroatoms. The summed E-state index contributed by atoms with van der Waals surface area (Å²) in [5.41, 5.74) is -0.0803. The minimum Gasteiger partial charge on any atom is -0.485 e. The molecule has 18 heavy (non-hydrogen) atoms. The highest BCUT2D eigenvalue weighted by atomic mass is 16.6. The van der Waals surface area contributed by atoms with Gasteiger partial charge in [0.05, 0.1) is 6.54 Å². The number of benzene rings is 1. The topological polar surface area (TPSA) is 47.6 Å². The van der Waals surface area contributed by atoms with Crippen LogP contribution in [0.3, 0.4) is 0 Å². The van der Waals surface area contributed by atoms with Gasteiger partial charge in [0.1, 0.15) is 6.61 Å². The summed E-state index contributed by atoms with van der Waals surface area (Å²) in [4.78, 5) is 12.0. The Morgan fingerprint density at radius 2 is 2.00 bits per heavy atom. The minimum absolute atomic E-state index is 0.0134. The monoisotopic (exact) mass is 249 g/mol. The maximum atomic E-state index is 12.0. The molecule has 1 aromatic rings. The first-order valence-corrected chi connectivity index (χ1v) is 6.12. The van der Waals surface area contributed by atoms with Crippen molar-refractivity contribution in [1.29, 1.82) is 0 Å². The van der Waals surface area contributed by atoms with E-state index < -0.39 is 6.10 Å². The Labute approximate surface area is 107 Å². The number of carbonyl (C=O) groups excluding carboxylic acids is 1. The molecule has 0 bridgehead atoms. The summed E-state index contributed by atoms with van der Waals surface area (Å²) >= 11 is 0. The van der Waals surface area contributed by atoms with E-state index in [1.54, 1.807) is 0 Å². The molecule has 98 valence electrons. The molecule has 1 aliphatic heterocycles. The Morgan fingerprint density at radius 3 is 2.67 bits per heavy atom. The summed E-state index contributed by atoms with van der Waals surface area (Å²) in [6.45, 7) is 6.64. The number of nitrogens with one attached hydrogen (secondary N) is 1. The predicted molar refractivity (Wildman–Crippen MR) is 69.1 cm³/mol. The highest BCUT2D eigenvalue weighted by molar-refractivity contribution is 5.85. The van der Waals surface area contributed by atoms with E-state index in [2.05, 4.69) is 5.32 Å². The maximum absolute atomic E-state index is 12.0. The quantitative estimate of drug-likeness (QED) is 0.887. The molecule has 4 nitrogen and oxygen atoms in total. The zero-order valence-corrected chi connectivity index (χ0v) is 11.0. The molecule has 1 N–H and O–H groups in total. The molecule has 1 heterocycles. The number of hydrogen-bond donors (Lipinski definition) is 1. The van der Waals surface area contributed by atoms with E-state index in [9.17, 15) is 4.79 Å². The second kappa shape index (κ2) is 4.98. The zero-order valence-electron chi connectivity index (χ0n) is 11.0. The second-order valence-corrected chi connectivity index (χ2v) is 5.43. The lowest BCUT2D eigenvalue weighted by Gasteiger charge is -2.27. The lowest BCUT2D eigenvalue weighted by molar-refractivity contribution is -0.127. The number of ether oxygens (including phenoxy) is 2. The first-order valence-electron chi connectivity index (χ1n) is 6.12. The Morgan fingerprint density at radius 1 is 1.33 bits per heavy atom. The Balaban J connectivity index is 1.95. The first-order chi connectivity index (χ1) is 8.46. The van der Waals surface area contributed by atoms with Gasteiger partial charge < -0.3 is 14.8 Å². The van der Waals surface area contributed by atoms with E-state index in [-0.39, 0.29) is 17.9 Å². The molecule has 2 rings (SSSR count). The lowest BCUT2D eigenvalue weighted by atomic mass is 10.1. The van der Waals surface area contributed by atoms with Crippen LogP contribution in [0.15, 0.2) is 24.3 Å². The third-order valence-corrected chi connectivity index (χ3v) is 2.66. The van der Waals surface area contributed by atoms with Crippen molar-refractivity contribution in [2.45, 2.75) is 32.4 Å². The van der Waals surface area contributed by atoms with E-state index in [1.165, 1.54) is 0 Å². The van der Waals surface area contributed by atoms with Gasteiger partial charge in [0.2, 0.25) is 0 Å². The molecule has 0 saturated carbocycles. The average molecular weight is 249 g/mol. The van der Waals surface area contributed by atoms with Gasteiger partial charge in [-0.15, -0.1) is 0 Å². The van der Waals surface area contributed by atoms with Gasteiger partial charge in [-0.3, -0.25) is 4.79 Å². The second-order valence-electron chi connectivity index (χ2n) is 5.43. The highest BCUT2D eigenvalue weighted by Gasteiger charge is 2.27. The summed E-state index contributed by atoms with van der Waals surface area (Å²) < 4.78 is 11.2. The third kappa shape index (κ3) is 3.23. The molecule has 0 spiro atoms. The largest absolute Gasteiger partial charge is 0.485 e. The smallest absolute Gasteiger partial charge is 0.192 e. The van der Waals surface area contributed by atoms with Crippen molar-refractivity contribution >= 4 is 5.78 Å². The van der Waals surface area contributed by atoms with Crippen LogP contribution in [0.4, 0.5) is 0 Å². The van der Waals surface area contributed by atoms with E-state index in [4.69, 9.17) is 9.47 Å². The number of hydrogen-bond acceptors (Lipinski definition) is 4. The summed E-state index contributed by atoms with van der Waals surface area (Å²) in [6, 6.07) is 7.39. The van der Waals surface area contributed by atoms with E-state index >= 15 is 0 Å². The van der Waals surface area contributed by atoms with Crippen LogP contribution in [0.1, 0.15) is 20.8 Å². The van der Waals surface area contributed by atoms with Crippen LogP contribution < -0.4 is 14.8 Å². The number of para-hydroxylation sites is 2. The highest BCUT2D eigenvalue weighted by Crippen LogP contribution is 2.30. The number of rotatable bonds is 3.